The van der Waals surface area contributed by atoms with E-state index >= 15 is 0 Å². The smallest absolute Gasteiger partial charge is 0.266 e. The number of hydrogen-bond acceptors (Lipinski definition) is 6. The molecule has 0 fully saturated rings. The van der Waals surface area contributed by atoms with Gasteiger partial charge >= 0.3 is 0 Å². The SMILES string of the molecule is COc1cc(N)ccc1S(=O)(=O)Nc1ccc(=O)[nH]n1. The molecule has 0 unspecified atom stereocenters. The molecule has 0 atom stereocenters. The van der Waals surface area contributed by atoms with E-state index in [1.807, 2.05) is 0 Å². The van der Waals surface area contributed by atoms with Gasteiger partial charge in [-0.2, -0.15) is 5.10 Å². The van der Waals surface area contributed by atoms with Crippen LogP contribution in [0.25, 0.3) is 0 Å². The second-order valence-corrected chi connectivity index (χ2v) is 5.47. The lowest BCUT2D eigenvalue weighted by molar-refractivity contribution is 0.403. The number of hydrogen-bond donors (Lipinski definition) is 3. The Morgan fingerprint density at radius 1 is 1.30 bits per heavy atom. The summed E-state index contributed by atoms with van der Waals surface area (Å²) in [5.74, 6) is 0.102. The van der Waals surface area contributed by atoms with Gasteiger partial charge in [0.15, 0.2) is 5.82 Å². The molecule has 0 saturated heterocycles. The molecular weight excluding hydrogens is 284 g/mol. The third kappa shape index (κ3) is 2.88. The molecule has 0 spiro atoms. The number of nitrogens with two attached hydrogens (primary N) is 1. The number of ether oxygens (including phenoxy) is 1. The monoisotopic (exact) mass is 296 g/mol. The van der Waals surface area contributed by atoms with Crippen LogP contribution in [0.4, 0.5) is 11.5 Å². The number of aromatic amines is 1. The Morgan fingerprint density at radius 2 is 2.05 bits per heavy atom. The highest BCUT2D eigenvalue weighted by Crippen LogP contribution is 2.27. The van der Waals surface area contributed by atoms with E-state index in [0.29, 0.717) is 5.69 Å². The molecule has 0 aliphatic rings. The number of rotatable bonds is 4. The van der Waals surface area contributed by atoms with Crippen molar-refractivity contribution in [3.05, 3.63) is 40.7 Å². The Hall–Kier alpha value is -2.55. The van der Waals surface area contributed by atoms with Crippen LogP contribution in [-0.2, 0) is 10.0 Å². The van der Waals surface area contributed by atoms with Crippen molar-refractivity contribution in [3.63, 3.8) is 0 Å². The quantitative estimate of drug-likeness (QED) is 0.690. The Bertz CT molecular complexity index is 765. The molecule has 0 radical (unpaired) electrons. The standard InChI is InChI=1S/C11H12N4O4S/c1-19-8-6-7(12)2-3-9(8)20(17,18)15-10-4-5-11(16)14-13-10/h2-6H,12H2,1H3,(H,13,15)(H,14,16). The van der Waals surface area contributed by atoms with Crippen LogP contribution < -0.4 is 20.8 Å². The lowest BCUT2D eigenvalue weighted by Crippen LogP contribution is -2.17. The lowest BCUT2D eigenvalue weighted by atomic mass is 10.3. The zero-order valence-corrected chi connectivity index (χ0v) is 11.3. The Labute approximate surface area is 114 Å². The van der Waals surface area contributed by atoms with Gasteiger partial charge in [-0.15, -0.1) is 0 Å². The largest absolute Gasteiger partial charge is 0.495 e. The summed E-state index contributed by atoms with van der Waals surface area (Å²) in [6.07, 6.45) is 0. The van der Waals surface area contributed by atoms with Crippen molar-refractivity contribution < 1.29 is 13.2 Å². The Kier molecular flexibility index (Phi) is 3.61. The minimum Gasteiger partial charge on any atom is -0.495 e. The van der Waals surface area contributed by atoms with Crippen molar-refractivity contribution in [2.24, 2.45) is 0 Å². The van der Waals surface area contributed by atoms with Gasteiger partial charge in [-0.25, -0.2) is 13.5 Å². The molecule has 0 bridgehead atoms. The first kappa shape index (κ1) is 13.9. The highest BCUT2D eigenvalue weighted by atomic mass is 32.2. The van der Waals surface area contributed by atoms with Crippen LogP contribution in [0.2, 0.25) is 0 Å². The number of methoxy groups -OCH3 is 1. The molecule has 2 rings (SSSR count). The first-order chi connectivity index (χ1) is 9.42. The van der Waals surface area contributed by atoms with Gasteiger partial charge in [0.1, 0.15) is 10.6 Å². The lowest BCUT2D eigenvalue weighted by Gasteiger charge is -2.11. The van der Waals surface area contributed by atoms with Gasteiger partial charge in [0, 0.05) is 17.8 Å². The number of nitrogens with zero attached hydrogens (tertiary/aromatic N) is 1. The van der Waals surface area contributed by atoms with Crippen LogP contribution in [0.1, 0.15) is 0 Å². The maximum absolute atomic E-state index is 12.2. The molecule has 4 N–H and O–H groups in total. The number of aromatic nitrogens is 2. The third-order valence-corrected chi connectivity index (χ3v) is 3.79. The van der Waals surface area contributed by atoms with Crippen LogP contribution in [0.15, 0.2) is 40.0 Å². The van der Waals surface area contributed by atoms with Gasteiger partial charge in [0.25, 0.3) is 15.6 Å². The molecule has 1 aromatic carbocycles. The first-order valence-electron chi connectivity index (χ1n) is 5.44. The van der Waals surface area contributed by atoms with Crippen molar-refractivity contribution in [2.75, 3.05) is 17.6 Å². The summed E-state index contributed by atoms with van der Waals surface area (Å²) in [4.78, 5) is 10.8. The number of H-pyrrole nitrogens is 1. The zero-order chi connectivity index (χ0) is 14.8. The molecule has 8 nitrogen and oxygen atoms in total. The average Bonchev–Trinajstić information content (AvgIpc) is 2.40. The summed E-state index contributed by atoms with van der Waals surface area (Å²) in [5, 5.41) is 5.70. The predicted octanol–water partition coefficient (Wildman–Crippen LogP) is 0.161. The fraction of sp³-hybridized carbons (Fsp3) is 0.0909. The molecule has 0 aliphatic carbocycles. The Morgan fingerprint density at radius 3 is 2.65 bits per heavy atom. The van der Waals surface area contributed by atoms with Crippen LogP contribution >= 0.6 is 0 Å². The molecule has 9 heteroatoms. The van der Waals surface area contributed by atoms with Crippen LogP contribution in [0.3, 0.4) is 0 Å². The van der Waals surface area contributed by atoms with Crippen LogP contribution in [-0.4, -0.2) is 25.7 Å². The second kappa shape index (κ2) is 5.21. The van der Waals surface area contributed by atoms with E-state index in [9.17, 15) is 13.2 Å². The van der Waals surface area contributed by atoms with Crippen molar-refractivity contribution in [1.29, 1.82) is 0 Å². The topological polar surface area (TPSA) is 127 Å². The number of sulfonamides is 1. The van der Waals surface area contributed by atoms with Crippen LogP contribution in [0.5, 0.6) is 5.75 Å². The molecule has 1 heterocycles. The Balaban J connectivity index is 2.40. The number of nitrogen functional groups attached to an aromatic ring is 1. The molecule has 0 saturated carbocycles. The summed E-state index contributed by atoms with van der Waals surface area (Å²) in [6.45, 7) is 0. The highest BCUT2D eigenvalue weighted by Gasteiger charge is 2.20. The van der Waals surface area contributed by atoms with Gasteiger partial charge < -0.3 is 10.5 Å². The summed E-state index contributed by atoms with van der Waals surface area (Å²) < 4.78 is 31.6. The van der Waals surface area contributed by atoms with E-state index in [4.69, 9.17) is 10.5 Å². The minimum absolute atomic E-state index is 0.0107. The maximum Gasteiger partial charge on any atom is 0.266 e. The minimum atomic E-state index is -3.90. The normalized spacial score (nSPS) is 11.1. The van der Waals surface area contributed by atoms with Gasteiger partial charge in [0.05, 0.1) is 7.11 Å². The van der Waals surface area contributed by atoms with E-state index < -0.39 is 15.6 Å². The van der Waals surface area contributed by atoms with E-state index in [0.717, 1.165) is 6.07 Å². The van der Waals surface area contributed by atoms with E-state index in [-0.39, 0.29) is 16.5 Å². The number of nitrogens with one attached hydrogen (secondary N) is 2. The molecular formula is C11H12N4O4S. The van der Waals surface area contributed by atoms with Gasteiger partial charge in [-0.05, 0) is 18.2 Å². The second-order valence-electron chi connectivity index (χ2n) is 3.82. The van der Waals surface area contributed by atoms with Gasteiger partial charge in [-0.3, -0.25) is 9.52 Å². The molecule has 1 aromatic heterocycles. The van der Waals surface area contributed by atoms with E-state index in [2.05, 4.69) is 14.9 Å². The fourth-order valence-corrected chi connectivity index (χ4v) is 2.65. The third-order valence-electron chi connectivity index (χ3n) is 2.40. The summed E-state index contributed by atoms with van der Waals surface area (Å²) in [6, 6.07) is 6.57. The molecule has 0 aliphatic heterocycles. The van der Waals surface area contributed by atoms with Crippen molar-refractivity contribution in [2.45, 2.75) is 4.90 Å². The van der Waals surface area contributed by atoms with Crippen LogP contribution in [0, 0.1) is 0 Å². The molecule has 106 valence electrons. The van der Waals surface area contributed by atoms with Crippen molar-refractivity contribution >= 4 is 21.5 Å². The fourth-order valence-electron chi connectivity index (χ4n) is 1.50. The zero-order valence-electron chi connectivity index (χ0n) is 10.5. The summed E-state index contributed by atoms with van der Waals surface area (Å²) in [5.41, 5.74) is 5.51. The van der Waals surface area contributed by atoms with Crippen molar-refractivity contribution in [1.82, 2.24) is 10.2 Å². The van der Waals surface area contributed by atoms with Gasteiger partial charge in [-0.1, -0.05) is 0 Å². The molecule has 20 heavy (non-hydrogen) atoms. The van der Waals surface area contributed by atoms with E-state index in [1.54, 1.807) is 0 Å². The number of benzene rings is 1. The molecule has 0 amide bonds. The first-order valence-corrected chi connectivity index (χ1v) is 6.93. The average molecular weight is 296 g/mol. The highest BCUT2D eigenvalue weighted by molar-refractivity contribution is 7.92. The van der Waals surface area contributed by atoms with Gasteiger partial charge in [0.2, 0.25) is 0 Å². The summed E-state index contributed by atoms with van der Waals surface area (Å²) >= 11 is 0. The van der Waals surface area contributed by atoms with E-state index in [1.165, 1.54) is 31.4 Å². The number of anilines is 2. The maximum atomic E-state index is 12.2. The van der Waals surface area contributed by atoms with Crippen molar-refractivity contribution in [3.8, 4) is 5.75 Å². The molecule has 2 aromatic rings. The predicted molar refractivity (Wildman–Crippen MR) is 73.1 cm³/mol. The summed E-state index contributed by atoms with van der Waals surface area (Å²) in [7, 11) is -2.56.